The summed E-state index contributed by atoms with van der Waals surface area (Å²) in [7, 11) is -3.75. The highest BCUT2D eigenvalue weighted by atomic mass is 32.2. The van der Waals surface area contributed by atoms with E-state index in [-0.39, 0.29) is 42.7 Å². The second-order valence-electron chi connectivity index (χ2n) is 9.42. The highest BCUT2D eigenvalue weighted by molar-refractivity contribution is 7.89. The van der Waals surface area contributed by atoms with Crippen LogP contribution in [0.2, 0.25) is 0 Å². The van der Waals surface area contributed by atoms with E-state index >= 15 is 8.78 Å². The molecule has 0 spiro atoms. The van der Waals surface area contributed by atoms with Crippen molar-refractivity contribution < 1.29 is 26.7 Å². The number of hydrogen-bond donors (Lipinski definition) is 0. The van der Waals surface area contributed by atoms with E-state index in [1.807, 2.05) is 6.07 Å². The lowest BCUT2D eigenvalue weighted by molar-refractivity contribution is -0.143. The third-order valence-electron chi connectivity index (χ3n) is 7.20. The van der Waals surface area contributed by atoms with Gasteiger partial charge in [-0.25, -0.2) is 17.2 Å². The van der Waals surface area contributed by atoms with Gasteiger partial charge in [-0.2, -0.15) is 4.31 Å². The van der Waals surface area contributed by atoms with Crippen molar-refractivity contribution in [3.8, 4) is 0 Å². The Morgan fingerprint density at radius 1 is 1.12 bits per heavy atom. The molecule has 1 saturated heterocycles. The summed E-state index contributed by atoms with van der Waals surface area (Å²) in [4.78, 5) is 11.7. The number of halogens is 2. The van der Waals surface area contributed by atoms with Gasteiger partial charge in [-0.05, 0) is 74.6 Å². The smallest absolute Gasteiger partial charge is 0.305 e. The first kappa shape index (κ1) is 24.8. The zero-order valence-corrected chi connectivity index (χ0v) is 20.4. The summed E-state index contributed by atoms with van der Waals surface area (Å²) in [5.41, 5.74) is 0.430. The van der Waals surface area contributed by atoms with Crippen LogP contribution in [-0.4, -0.2) is 31.3 Å². The van der Waals surface area contributed by atoms with E-state index in [0.29, 0.717) is 37.7 Å². The largest absolute Gasteiger partial charge is 0.466 e. The van der Waals surface area contributed by atoms with Gasteiger partial charge in [-0.1, -0.05) is 30.3 Å². The van der Waals surface area contributed by atoms with E-state index in [4.69, 9.17) is 4.74 Å². The lowest BCUT2D eigenvalue weighted by atomic mass is 9.89. The molecule has 2 aliphatic rings. The predicted octanol–water partition coefficient (Wildman–Crippen LogP) is 5.40. The van der Waals surface area contributed by atoms with Gasteiger partial charge in [0.2, 0.25) is 10.0 Å². The lowest BCUT2D eigenvalue weighted by Crippen LogP contribution is -2.44. The van der Waals surface area contributed by atoms with Crippen LogP contribution in [-0.2, 0) is 31.5 Å². The average molecular weight is 492 g/mol. The minimum atomic E-state index is -3.75. The number of carbonyl (C=O) groups excluding carboxylic acids is 1. The molecule has 184 valence electrons. The average Bonchev–Trinajstić information content (AvgIpc) is 3.59. The molecule has 0 aromatic heterocycles. The maximum absolute atomic E-state index is 15.2. The molecule has 1 heterocycles. The molecule has 34 heavy (non-hydrogen) atoms. The van der Waals surface area contributed by atoms with E-state index in [1.165, 1.54) is 10.4 Å². The third-order valence-corrected chi connectivity index (χ3v) is 9.57. The maximum Gasteiger partial charge on any atom is 0.305 e. The standard InChI is InChI=1S/C26H31F2NO4S/c1-3-33-25(30)11-12-26(13-14-26)21-16-22(27)20(15-23(21)28)17-29-18(2)9-10-24(34(29,31)32)19-7-5-4-6-8-19/h4-8,15-16,18,24H,3,9-14,17H2,1-2H3/t18-,24+/m0/s1. The Bertz CT molecular complexity index is 1150. The van der Waals surface area contributed by atoms with Gasteiger partial charge in [0.1, 0.15) is 16.9 Å². The van der Waals surface area contributed by atoms with Crippen LogP contribution in [0.3, 0.4) is 0 Å². The molecular formula is C26H31F2NO4S. The number of carbonyl (C=O) groups is 1. The fourth-order valence-electron chi connectivity index (χ4n) is 5.01. The van der Waals surface area contributed by atoms with Crippen molar-refractivity contribution in [3.63, 3.8) is 0 Å². The summed E-state index contributed by atoms with van der Waals surface area (Å²) >= 11 is 0. The molecule has 2 fully saturated rings. The fraction of sp³-hybridized carbons (Fsp3) is 0.500. The molecule has 0 bridgehead atoms. The monoisotopic (exact) mass is 491 g/mol. The number of nitrogens with zero attached hydrogens (tertiary/aromatic N) is 1. The van der Waals surface area contributed by atoms with E-state index in [0.717, 1.165) is 6.07 Å². The first-order valence-corrected chi connectivity index (χ1v) is 13.4. The van der Waals surface area contributed by atoms with E-state index < -0.39 is 32.3 Å². The van der Waals surface area contributed by atoms with Crippen molar-refractivity contribution in [1.29, 1.82) is 0 Å². The number of esters is 1. The SMILES string of the molecule is CCOC(=O)CCC1(c2cc(F)c(CN3[C@@H](C)CC[C@H](c4ccccc4)S3(=O)=O)cc2F)CC1. The van der Waals surface area contributed by atoms with E-state index in [1.54, 1.807) is 38.1 Å². The minimum Gasteiger partial charge on any atom is -0.466 e. The molecule has 1 saturated carbocycles. The summed E-state index contributed by atoms with van der Waals surface area (Å²) in [5.74, 6) is -1.52. The molecule has 2 aromatic carbocycles. The quantitative estimate of drug-likeness (QED) is 0.464. The Hall–Kier alpha value is -2.32. The van der Waals surface area contributed by atoms with Crippen LogP contribution in [0.1, 0.15) is 74.3 Å². The van der Waals surface area contributed by atoms with E-state index in [2.05, 4.69) is 0 Å². The fourth-order valence-corrected chi connectivity index (χ4v) is 7.20. The van der Waals surface area contributed by atoms with Crippen LogP contribution in [0.15, 0.2) is 42.5 Å². The van der Waals surface area contributed by atoms with Gasteiger partial charge in [-0.15, -0.1) is 0 Å². The van der Waals surface area contributed by atoms with Gasteiger partial charge in [0.05, 0.1) is 6.61 Å². The zero-order valence-electron chi connectivity index (χ0n) is 19.6. The Kier molecular flexibility index (Phi) is 7.10. The van der Waals surface area contributed by atoms with Crippen LogP contribution in [0.25, 0.3) is 0 Å². The molecule has 1 aliphatic carbocycles. The molecule has 2 atom stereocenters. The summed E-state index contributed by atoms with van der Waals surface area (Å²) in [6.45, 7) is 3.60. The molecule has 8 heteroatoms. The van der Waals surface area contributed by atoms with Crippen molar-refractivity contribution in [2.45, 2.75) is 75.6 Å². The predicted molar refractivity (Wildman–Crippen MR) is 125 cm³/mol. The first-order chi connectivity index (χ1) is 16.2. The highest BCUT2D eigenvalue weighted by Crippen LogP contribution is 2.53. The van der Waals surface area contributed by atoms with Crippen molar-refractivity contribution in [3.05, 3.63) is 70.8 Å². The van der Waals surface area contributed by atoms with Gasteiger partial charge in [0.25, 0.3) is 0 Å². The van der Waals surface area contributed by atoms with Crippen molar-refractivity contribution in [2.75, 3.05) is 6.61 Å². The second-order valence-corrected chi connectivity index (χ2v) is 11.5. The number of benzene rings is 2. The highest BCUT2D eigenvalue weighted by Gasteiger charge is 2.47. The topological polar surface area (TPSA) is 63.7 Å². The van der Waals surface area contributed by atoms with Crippen LogP contribution in [0.5, 0.6) is 0 Å². The summed E-state index contributed by atoms with van der Waals surface area (Å²) in [5, 5.41) is -0.699. The maximum atomic E-state index is 15.2. The molecular weight excluding hydrogens is 460 g/mol. The van der Waals surface area contributed by atoms with Crippen LogP contribution < -0.4 is 0 Å². The van der Waals surface area contributed by atoms with Gasteiger partial charge >= 0.3 is 5.97 Å². The minimum absolute atomic E-state index is 0.0200. The number of sulfonamides is 1. The first-order valence-electron chi connectivity index (χ1n) is 11.9. The Balaban J connectivity index is 1.56. The van der Waals surface area contributed by atoms with Crippen LogP contribution in [0, 0.1) is 11.6 Å². The lowest BCUT2D eigenvalue weighted by Gasteiger charge is -2.37. The molecule has 0 amide bonds. The molecule has 0 radical (unpaired) electrons. The Morgan fingerprint density at radius 3 is 2.47 bits per heavy atom. The molecule has 4 rings (SSSR count). The molecule has 0 N–H and O–H groups in total. The molecule has 1 aliphatic heterocycles. The zero-order chi connectivity index (χ0) is 24.5. The molecule has 2 aromatic rings. The Labute approximate surface area is 200 Å². The van der Waals surface area contributed by atoms with Crippen molar-refractivity contribution >= 4 is 16.0 Å². The van der Waals surface area contributed by atoms with Gasteiger partial charge in [-0.3, -0.25) is 4.79 Å². The van der Waals surface area contributed by atoms with Crippen LogP contribution in [0.4, 0.5) is 8.78 Å². The summed E-state index contributed by atoms with van der Waals surface area (Å²) < 4.78 is 63.5. The second kappa shape index (κ2) is 9.74. The van der Waals surface area contributed by atoms with Crippen molar-refractivity contribution in [1.82, 2.24) is 4.31 Å². The summed E-state index contributed by atoms with van der Waals surface area (Å²) in [6, 6.07) is 11.0. The van der Waals surface area contributed by atoms with Gasteiger partial charge in [0, 0.05) is 24.6 Å². The molecule has 0 unspecified atom stereocenters. The number of ether oxygens (including phenoxy) is 1. The third kappa shape index (κ3) is 4.89. The van der Waals surface area contributed by atoms with Crippen molar-refractivity contribution in [2.24, 2.45) is 0 Å². The van der Waals surface area contributed by atoms with Gasteiger partial charge in [0.15, 0.2) is 0 Å². The molecule has 5 nitrogen and oxygen atoms in total. The van der Waals surface area contributed by atoms with E-state index in [9.17, 15) is 13.2 Å². The normalized spacial score (nSPS) is 23.4. The Morgan fingerprint density at radius 2 is 1.82 bits per heavy atom. The number of rotatable bonds is 8. The number of hydrogen-bond acceptors (Lipinski definition) is 4. The van der Waals surface area contributed by atoms with Crippen LogP contribution >= 0.6 is 0 Å². The summed E-state index contributed by atoms with van der Waals surface area (Å²) in [6.07, 6.45) is 3.04. The van der Waals surface area contributed by atoms with Gasteiger partial charge < -0.3 is 4.74 Å².